The largest absolute Gasteiger partial charge is 0.476 e. The van der Waals surface area contributed by atoms with Crippen LogP contribution in [0.5, 0.6) is 0 Å². The van der Waals surface area contributed by atoms with E-state index in [1.54, 1.807) is 0 Å². The SMILES string of the molecule is O=CC1(N2CCC(=Cc3ccc(C4=NCCO4)cc3)CC2)CC1. The molecule has 1 saturated heterocycles. The number of likely N-dealkylation sites (tertiary alicyclic amines) is 1. The zero-order chi connectivity index (χ0) is 15.7. The molecule has 2 aliphatic heterocycles. The Bertz CT molecular complexity index is 646. The summed E-state index contributed by atoms with van der Waals surface area (Å²) in [5.41, 5.74) is 3.66. The lowest BCUT2D eigenvalue weighted by atomic mass is 9.99. The molecule has 1 saturated carbocycles. The molecule has 2 fully saturated rings. The van der Waals surface area contributed by atoms with Crippen LogP contribution in [0.25, 0.3) is 6.08 Å². The predicted octanol–water partition coefficient (Wildman–Crippen LogP) is 2.67. The molecule has 4 nitrogen and oxygen atoms in total. The fourth-order valence-corrected chi connectivity index (χ4v) is 3.49. The highest BCUT2D eigenvalue weighted by Gasteiger charge is 2.48. The summed E-state index contributed by atoms with van der Waals surface area (Å²) in [6.45, 7) is 3.47. The maximum Gasteiger partial charge on any atom is 0.216 e. The average molecular weight is 310 g/mol. The number of nitrogens with zero attached hydrogens (tertiary/aromatic N) is 2. The number of aldehydes is 1. The van der Waals surface area contributed by atoms with E-state index in [2.05, 4.69) is 40.2 Å². The minimum absolute atomic E-state index is 0.102. The molecule has 0 unspecified atom stereocenters. The van der Waals surface area contributed by atoms with Crippen molar-refractivity contribution < 1.29 is 9.53 Å². The molecule has 0 amide bonds. The first-order valence-corrected chi connectivity index (χ1v) is 8.48. The molecule has 0 N–H and O–H groups in total. The van der Waals surface area contributed by atoms with Gasteiger partial charge in [-0.25, -0.2) is 4.99 Å². The van der Waals surface area contributed by atoms with E-state index in [4.69, 9.17) is 4.74 Å². The molecule has 4 heteroatoms. The molecule has 3 aliphatic rings. The van der Waals surface area contributed by atoms with Gasteiger partial charge in [-0.05, 0) is 43.4 Å². The molecule has 0 aromatic heterocycles. The van der Waals surface area contributed by atoms with Gasteiger partial charge >= 0.3 is 0 Å². The van der Waals surface area contributed by atoms with Crippen LogP contribution in [0.15, 0.2) is 34.8 Å². The van der Waals surface area contributed by atoms with Crippen LogP contribution in [-0.4, -0.2) is 48.9 Å². The Morgan fingerprint density at radius 3 is 2.43 bits per heavy atom. The van der Waals surface area contributed by atoms with Crippen LogP contribution < -0.4 is 0 Å². The standard InChI is InChI=1S/C19H22N2O2/c22-14-19(7-8-19)21-10-5-16(6-11-21)13-15-1-3-17(4-2-15)18-20-9-12-23-18/h1-4,13-14H,5-12H2. The molecule has 0 atom stereocenters. The van der Waals surface area contributed by atoms with E-state index >= 15 is 0 Å². The van der Waals surface area contributed by atoms with Gasteiger partial charge in [0.1, 0.15) is 12.9 Å². The Balaban J connectivity index is 1.40. The second kappa shape index (κ2) is 5.93. The molecule has 120 valence electrons. The van der Waals surface area contributed by atoms with Crippen molar-refractivity contribution >= 4 is 18.3 Å². The van der Waals surface area contributed by atoms with Gasteiger partial charge in [-0.1, -0.05) is 23.8 Å². The zero-order valence-electron chi connectivity index (χ0n) is 13.3. The van der Waals surface area contributed by atoms with Crippen LogP contribution in [0.4, 0.5) is 0 Å². The minimum Gasteiger partial charge on any atom is -0.476 e. The van der Waals surface area contributed by atoms with Gasteiger partial charge < -0.3 is 9.53 Å². The number of carbonyl (C=O) groups excluding carboxylic acids is 1. The van der Waals surface area contributed by atoms with Crippen molar-refractivity contribution in [2.45, 2.75) is 31.2 Å². The fraction of sp³-hybridized carbons (Fsp3) is 0.474. The Labute approximate surface area is 136 Å². The monoisotopic (exact) mass is 310 g/mol. The van der Waals surface area contributed by atoms with Gasteiger partial charge in [0, 0.05) is 18.7 Å². The number of aliphatic imine (C=N–C) groups is 1. The van der Waals surface area contributed by atoms with Gasteiger partial charge in [0.15, 0.2) is 0 Å². The molecule has 1 aliphatic carbocycles. The predicted molar refractivity (Wildman–Crippen MR) is 90.6 cm³/mol. The summed E-state index contributed by atoms with van der Waals surface area (Å²) < 4.78 is 5.49. The highest BCUT2D eigenvalue weighted by atomic mass is 16.5. The molecular formula is C19H22N2O2. The Hall–Kier alpha value is -1.94. The molecule has 2 heterocycles. The Morgan fingerprint density at radius 1 is 1.13 bits per heavy atom. The maximum absolute atomic E-state index is 11.2. The molecule has 1 aromatic rings. The van der Waals surface area contributed by atoms with E-state index < -0.39 is 0 Å². The Kier molecular flexibility index (Phi) is 3.77. The third-order valence-electron chi connectivity index (χ3n) is 5.13. The van der Waals surface area contributed by atoms with Gasteiger partial charge in [-0.2, -0.15) is 0 Å². The van der Waals surface area contributed by atoms with Gasteiger partial charge in [0.2, 0.25) is 5.90 Å². The quantitative estimate of drug-likeness (QED) is 0.803. The zero-order valence-corrected chi connectivity index (χ0v) is 13.3. The number of piperidine rings is 1. The summed E-state index contributed by atoms with van der Waals surface area (Å²) in [5, 5.41) is 0. The summed E-state index contributed by atoms with van der Waals surface area (Å²) in [7, 11) is 0. The van der Waals surface area contributed by atoms with Crippen LogP contribution in [0.2, 0.25) is 0 Å². The fourth-order valence-electron chi connectivity index (χ4n) is 3.49. The normalized spacial score (nSPS) is 23.1. The number of hydrogen-bond donors (Lipinski definition) is 0. The van der Waals surface area contributed by atoms with Crippen molar-refractivity contribution in [3.8, 4) is 0 Å². The summed E-state index contributed by atoms with van der Waals surface area (Å²) in [5.74, 6) is 0.765. The first kappa shape index (κ1) is 14.6. The summed E-state index contributed by atoms with van der Waals surface area (Å²) in [6.07, 6.45) is 7.67. The highest BCUT2D eigenvalue weighted by molar-refractivity contribution is 5.95. The average Bonchev–Trinajstić information content (AvgIpc) is 3.21. The van der Waals surface area contributed by atoms with Crippen molar-refractivity contribution in [3.63, 3.8) is 0 Å². The molecule has 1 aromatic carbocycles. The van der Waals surface area contributed by atoms with Gasteiger partial charge in [0.25, 0.3) is 0 Å². The molecule has 0 radical (unpaired) electrons. The van der Waals surface area contributed by atoms with Crippen molar-refractivity contribution in [2.75, 3.05) is 26.2 Å². The number of rotatable bonds is 4. The van der Waals surface area contributed by atoms with Crippen molar-refractivity contribution in [3.05, 3.63) is 41.0 Å². The number of hydrogen-bond acceptors (Lipinski definition) is 4. The second-order valence-corrected chi connectivity index (χ2v) is 6.67. The second-order valence-electron chi connectivity index (χ2n) is 6.67. The lowest BCUT2D eigenvalue weighted by Crippen LogP contribution is -2.42. The van der Waals surface area contributed by atoms with Crippen LogP contribution in [-0.2, 0) is 9.53 Å². The van der Waals surface area contributed by atoms with Gasteiger partial charge in [0.05, 0.1) is 12.1 Å². The number of ether oxygens (including phenoxy) is 1. The van der Waals surface area contributed by atoms with Crippen molar-refractivity contribution in [1.82, 2.24) is 4.90 Å². The first-order valence-electron chi connectivity index (χ1n) is 8.48. The summed E-state index contributed by atoms with van der Waals surface area (Å²) in [6, 6.07) is 8.42. The van der Waals surface area contributed by atoms with Crippen LogP contribution in [0.1, 0.15) is 36.8 Å². The maximum atomic E-state index is 11.2. The molecular weight excluding hydrogens is 288 g/mol. The number of carbonyl (C=O) groups is 1. The minimum atomic E-state index is -0.102. The van der Waals surface area contributed by atoms with E-state index in [1.165, 1.54) is 11.1 Å². The van der Waals surface area contributed by atoms with Crippen molar-refractivity contribution in [1.29, 1.82) is 0 Å². The lowest BCUT2D eigenvalue weighted by molar-refractivity contribution is -0.114. The summed E-state index contributed by atoms with van der Waals surface area (Å²) in [4.78, 5) is 17.9. The molecule has 4 rings (SSSR count). The third-order valence-corrected chi connectivity index (χ3v) is 5.13. The van der Waals surface area contributed by atoms with Crippen LogP contribution in [0.3, 0.4) is 0 Å². The van der Waals surface area contributed by atoms with Crippen LogP contribution >= 0.6 is 0 Å². The van der Waals surface area contributed by atoms with E-state index in [0.29, 0.717) is 6.61 Å². The third kappa shape index (κ3) is 2.95. The van der Waals surface area contributed by atoms with Gasteiger partial charge in [-0.3, -0.25) is 4.90 Å². The van der Waals surface area contributed by atoms with E-state index in [-0.39, 0.29) is 5.54 Å². The van der Waals surface area contributed by atoms with E-state index in [9.17, 15) is 4.79 Å². The summed E-state index contributed by atoms with van der Waals surface area (Å²) >= 11 is 0. The Morgan fingerprint density at radius 2 is 1.87 bits per heavy atom. The topological polar surface area (TPSA) is 41.9 Å². The molecule has 0 bridgehead atoms. The van der Waals surface area contributed by atoms with E-state index in [1.807, 2.05) is 0 Å². The number of benzene rings is 1. The first-order chi connectivity index (χ1) is 11.3. The van der Waals surface area contributed by atoms with Crippen molar-refractivity contribution in [2.24, 2.45) is 4.99 Å². The van der Waals surface area contributed by atoms with Gasteiger partial charge in [-0.15, -0.1) is 0 Å². The molecule has 0 spiro atoms. The smallest absolute Gasteiger partial charge is 0.216 e. The highest BCUT2D eigenvalue weighted by Crippen LogP contribution is 2.41. The molecule has 23 heavy (non-hydrogen) atoms. The van der Waals surface area contributed by atoms with Crippen LogP contribution in [0, 0.1) is 0 Å². The van der Waals surface area contributed by atoms with E-state index in [0.717, 1.165) is 63.1 Å². The lowest BCUT2D eigenvalue weighted by Gasteiger charge is -2.32.